The smallest absolute Gasteiger partial charge is 0.341 e. The highest BCUT2D eigenvalue weighted by Gasteiger charge is 2.23. The predicted octanol–water partition coefficient (Wildman–Crippen LogP) is 5.66. The summed E-state index contributed by atoms with van der Waals surface area (Å²) in [6.45, 7) is 1.94. The molecule has 2 aromatic carbocycles. The van der Waals surface area contributed by atoms with Crippen LogP contribution in [0.25, 0.3) is 11.1 Å². The van der Waals surface area contributed by atoms with Gasteiger partial charge in [-0.15, -0.1) is 11.3 Å². The van der Waals surface area contributed by atoms with Gasteiger partial charge in [0.1, 0.15) is 16.3 Å². The second-order valence-electron chi connectivity index (χ2n) is 7.87. The van der Waals surface area contributed by atoms with Crippen molar-refractivity contribution in [1.29, 1.82) is 0 Å². The highest BCUT2D eigenvalue weighted by atomic mass is 32.1. The Hall–Kier alpha value is -3.12. The number of nitrogens with one attached hydrogen (secondary N) is 1. The Morgan fingerprint density at radius 3 is 2.50 bits per heavy atom. The van der Waals surface area contributed by atoms with Crippen LogP contribution >= 0.6 is 11.3 Å². The van der Waals surface area contributed by atoms with E-state index in [9.17, 15) is 9.59 Å². The van der Waals surface area contributed by atoms with Crippen LogP contribution in [-0.2, 0) is 28.8 Å². The lowest BCUT2D eigenvalue weighted by atomic mass is 9.89. The average molecular weight is 450 g/mol. The number of carbonyl (C=O) groups is 2. The number of fused-ring (bicyclic) bond motifs is 1. The van der Waals surface area contributed by atoms with Gasteiger partial charge in [-0.25, -0.2) is 4.79 Å². The van der Waals surface area contributed by atoms with Gasteiger partial charge in [0.2, 0.25) is 0 Å². The number of aryl methyl sites for hydroxylation is 3. The fourth-order valence-electron chi connectivity index (χ4n) is 4.00. The fourth-order valence-corrected chi connectivity index (χ4v) is 4.97. The highest BCUT2D eigenvalue weighted by Crippen LogP contribution is 2.37. The van der Waals surface area contributed by atoms with E-state index in [2.05, 4.69) is 24.4 Å². The topological polar surface area (TPSA) is 64.6 Å². The van der Waals surface area contributed by atoms with Crippen LogP contribution < -0.4 is 10.1 Å². The van der Waals surface area contributed by atoms with E-state index in [4.69, 9.17) is 9.47 Å². The van der Waals surface area contributed by atoms with Crippen LogP contribution in [0.5, 0.6) is 5.75 Å². The van der Waals surface area contributed by atoms with Crippen molar-refractivity contribution in [2.75, 3.05) is 19.0 Å². The Morgan fingerprint density at radius 2 is 1.78 bits per heavy atom. The molecule has 1 aliphatic rings. The maximum atomic E-state index is 12.6. The summed E-state index contributed by atoms with van der Waals surface area (Å²) in [5.74, 6) is -0.162. The number of rotatable bonds is 7. The SMILES string of the molecule is CCc1ccc(OCC(=O)Nc2scc(-c3ccc4c(c3)CCCC4)c2C(=O)OC)cc1. The molecule has 0 radical (unpaired) electrons. The summed E-state index contributed by atoms with van der Waals surface area (Å²) in [5, 5.41) is 5.20. The number of benzene rings is 2. The first-order valence-electron chi connectivity index (χ1n) is 10.9. The molecule has 0 atom stereocenters. The number of amides is 1. The van der Waals surface area contributed by atoms with E-state index in [1.807, 2.05) is 35.7 Å². The molecule has 1 aliphatic carbocycles. The third kappa shape index (κ3) is 4.86. The number of carbonyl (C=O) groups excluding carboxylic acids is 2. The minimum absolute atomic E-state index is 0.141. The van der Waals surface area contributed by atoms with Gasteiger partial charge in [0.15, 0.2) is 6.61 Å². The summed E-state index contributed by atoms with van der Waals surface area (Å²) >= 11 is 1.32. The van der Waals surface area contributed by atoms with Crippen LogP contribution in [0.2, 0.25) is 0 Å². The third-order valence-electron chi connectivity index (χ3n) is 5.79. The molecule has 1 amide bonds. The average Bonchev–Trinajstić information content (AvgIpc) is 3.25. The monoisotopic (exact) mass is 449 g/mol. The van der Waals surface area contributed by atoms with E-state index in [0.717, 1.165) is 30.4 Å². The van der Waals surface area contributed by atoms with E-state index >= 15 is 0 Å². The molecule has 0 unspecified atom stereocenters. The van der Waals surface area contributed by atoms with Gasteiger partial charge in [-0.3, -0.25) is 4.79 Å². The number of thiophene rings is 1. The first kappa shape index (κ1) is 22.1. The second kappa shape index (κ2) is 10.0. The molecular formula is C26H27NO4S. The molecule has 0 spiro atoms. The zero-order chi connectivity index (χ0) is 22.5. The molecule has 1 heterocycles. The Kier molecular flexibility index (Phi) is 6.90. The Labute approximate surface area is 192 Å². The van der Waals surface area contributed by atoms with E-state index < -0.39 is 5.97 Å². The van der Waals surface area contributed by atoms with E-state index in [1.165, 1.54) is 48.0 Å². The van der Waals surface area contributed by atoms with Gasteiger partial charge in [-0.2, -0.15) is 0 Å². The standard InChI is InChI=1S/C26H27NO4S/c1-3-17-8-12-21(13-9-17)31-15-23(28)27-25-24(26(29)30-2)22(16-32-25)20-11-10-18-6-4-5-7-19(18)14-20/h8-14,16H,3-7,15H2,1-2H3,(H,27,28). The van der Waals surface area contributed by atoms with Crippen LogP contribution in [0.1, 0.15) is 46.8 Å². The maximum Gasteiger partial charge on any atom is 0.341 e. The van der Waals surface area contributed by atoms with Gasteiger partial charge in [0.05, 0.1) is 7.11 Å². The second-order valence-corrected chi connectivity index (χ2v) is 8.75. The van der Waals surface area contributed by atoms with Gasteiger partial charge < -0.3 is 14.8 Å². The molecule has 1 aromatic heterocycles. The maximum absolute atomic E-state index is 12.6. The van der Waals surface area contributed by atoms with Gasteiger partial charge in [-0.1, -0.05) is 37.3 Å². The number of ether oxygens (including phenoxy) is 2. The Morgan fingerprint density at radius 1 is 1.03 bits per heavy atom. The predicted molar refractivity (Wildman–Crippen MR) is 128 cm³/mol. The van der Waals surface area contributed by atoms with Crippen molar-refractivity contribution in [3.05, 3.63) is 70.1 Å². The van der Waals surface area contributed by atoms with E-state index in [0.29, 0.717) is 16.3 Å². The number of esters is 1. The van der Waals surface area contributed by atoms with E-state index in [1.54, 1.807) is 0 Å². The summed E-state index contributed by atoms with van der Waals surface area (Å²) in [6.07, 6.45) is 5.51. The minimum Gasteiger partial charge on any atom is -0.484 e. The first-order chi connectivity index (χ1) is 15.6. The highest BCUT2D eigenvalue weighted by molar-refractivity contribution is 7.15. The van der Waals surface area contributed by atoms with Crippen LogP contribution in [0.3, 0.4) is 0 Å². The molecule has 0 bridgehead atoms. The van der Waals surface area contributed by atoms with Gasteiger partial charge in [-0.05, 0) is 66.5 Å². The minimum atomic E-state index is -0.467. The lowest BCUT2D eigenvalue weighted by Crippen LogP contribution is -2.21. The van der Waals surface area contributed by atoms with Crippen molar-refractivity contribution in [3.63, 3.8) is 0 Å². The van der Waals surface area contributed by atoms with Crippen LogP contribution in [0, 0.1) is 0 Å². The molecule has 0 saturated carbocycles. The quantitative estimate of drug-likeness (QED) is 0.473. The van der Waals surface area contributed by atoms with Crippen LogP contribution in [0.4, 0.5) is 5.00 Å². The molecule has 166 valence electrons. The summed E-state index contributed by atoms with van der Waals surface area (Å²) in [6, 6.07) is 14.0. The summed E-state index contributed by atoms with van der Waals surface area (Å²) < 4.78 is 10.6. The lowest BCUT2D eigenvalue weighted by Gasteiger charge is -2.16. The van der Waals surface area contributed by atoms with Crippen molar-refractivity contribution in [2.24, 2.45) is 0 Å². The molecule has 32 heavy (non-hydrogen) atoms. The molecule has 0 fully saturated rings. The normalized spacial score (nSPS) is 12.7. The molecule has 3 aromatic rings. The molecule has 5 nitrogen and oxygen atoms in total. The van der Waals surface area contributed by atoms with Crippen LogP contribution in [-0.4, -0.2) is 25.6 Å². The van der Waals surface area contributed by atoms with Gasteiger partial charge in [0, 0.05) is 10.9 Å². The molecule has 0 saturated heterocycles. The third-order valence-corrected chi connectivity index (χ3v) is 6.69. The summed E-state index contributed by atoms with van der Waals surface area (Å²) in [5.41, 5.74) is 6.06. The molecular weight excluding hydrogens is 422 g/mol. The number of hydrogen-bond donors (Lipinski definition) is 1. The molecule has 1 N–H and O–H groups in total. The molecule has 4 rings (SSSR count). The lowest BCUT2D eigenvalue weighted by molar-refractivity contribution is -0.118. The van der Waals surface area contributed by atoms with Crippen molar-refractivity contribution in [1.82, 2.24) is 0 Å². The Balaban J connectivity index is 1.52. The molecule has 0 aliphatic heterocycles. The molecule has 6 heteroatoms. The Bertz CT molecular complexity index is 1120. The van der Waals surface area contributed by atoms with Crippen molar-refractivity contribution < 1.29 is 19.1 Å². The van der Waals surface area contributed by atoms with Crippen molar-refractivity contribution in [2.45, 2.75) is 39.0 Å². The zero-order valence-electron chi connectivity index (χ0n) is 18.4. The van der Waals surface area contributed by atoms with Crippen LogP contribution in [0.15, 0.2) is 47.8 Å². The van der Waals surface area contributed by atoms with Crippen molar-refractivity contribution >= 4 is 28.2 Å². The number of hydrogen-bond acceptors (Lipinski definition) is 5. The van der Waals surface area contributed by atoms with E-state index in [-0.39, 0.29) is 12.5 Å². The fraction of sp³-hybridized carbons (Fsp3) is 0.308. The first-order valence-corrected chi connectivity index (χ1v) is 11.8. The number of methoxy groups -OCH3 is 1. The van der Waals surface area contributed by atoms with Crippen molar-refractivity contribution in [3.8, 4) is 16.9 Å². The summed E-state index contributed by atoms with van der Waals surface area (Å²) in [4.78, 5) is 25.1. The van der Waals surface area contributed by atoms with Gasteiger partial charge >= 0.3 is 5.97 Å². The summed E-state index contributed by atoms with van der Waals surface area (Å²) in [7, 11) is 1.35. The van der Waals surface area contributed by atoms with Gasteiger partial charge in [0.25, 0.3) is 5.91 Å². The number of anilines is 1. The largest absolute Gasteiger partial charge is 0.484 e. The zero-order valence-corrected chi connectivity index (χ0v) is 19.2.